The second kappa shape index (κ2) is 7.30. The van der Waals surface area contributed by atoms with E-state index in [0.29, 0.717) is 5.69 Å². The molecule has 4 amide bonds. The first kappa shape index (κ1) is 17.5. The molecule has 0 spiro atoms. The van der Waals surface area contributed by atoms with Crippen LogP contribution in [0.2, 0.25) is 0 Å². The van der Waals surface area contributed by atoms with Crippen molar-refractivity contribution in [2.24, 2.45) is 0 Å². The average Bonchev–Trinajstić information content (AvgIpc) is 2.90. The Hall–Kier alpha value is -3.29. The topological polar surface area (TPSA) is 78.5 Å². The number of halogens is 2. The number of rotatable bonds is 5. The average molecular weight is 359 g/mol. The lowest BCUT2D eigenvalue weighted by Crippen LogP contribution is -2.31. The molecule has 2 aromatic rings. The Morgan fingerprint density at radius 2 is 1.58 bits per heavy atom. The first-order valence-corrected chi connectivity index (χ1v) is 7.89. The smallest absolute Gasteiger partial charge is 0.326 e. The van der Waals surface area contributed by atoms with Crippen molar-refractivity contribution in [2.45, 2.75) is 18.9 Å². The number of urea groups is 1. The quantitative estimate of drug-likeness (QED) is 0.806. The molecule has 2 N–H and O–H groups in total. The summed E-state index contributed by atoms with van der Waals surface area (Å²) >= 11 is 0. The van der Waals surface area contributed by atoms with Gasteiger partial charge in [-0.05, 0) is 55.0 Å². The highest BCUT2D eigenvalue weighted by atomic mass is 19.1. The summed E-state index contributed by atoms with van der Waals surface area (Å²) in [6, 6.07) is 8.79. The van der Waals surface area contributed by atoms with Gasteiger partial charge >= 0.3 is 6.03 Å². The summed E-state index contributed by atoms with van der Waals surface area (Å²) < 4.78 is 25.8. The van der Waals surface area contributed by atoms with E-state index in [1.807, 2.05) is 0 Å². The first-order valence-electron chi connectivity index (χ1n) is 7.89. The van der Waals surface area contributed by atoms with E-state index in [-0.39, 0.29) is 24.4 Å². The van der Waals surface area contributed by atoms with Crippen LogP contribution >= 0.6 is 0 Å². The third-order valence-corrected chi connectivity index (χ3v) is 3.89. The van der Waals surface area contributed by atoms with Crippen LogP contribution in [0.5, 0.6) is 0 Å². The van der Waals surface area contributed by atoms with Gasteiger partial charge in [0.05, 0.1) is 5.69 Å². The van der Waals surface area contributed by atoms with Crippen LogP contribution in [0.3, 0.4) is 0 Å². The fraction of sp³-hybridized carbons (Fsp3) is 0.167. The lowest BCUT2D eigenvalue weighted by molar-refractivity contribution is -0.119. The molecule has 1 atom stereocenters. The van der Waals surface area contributed by atoms with Gasteiger partial charge in [-0.25, -0.2) is 18.5 Å². The molecule has 0 unspecified atom stereocenters. The largest absolute Gasteiger partial charge is 0.329 e. The van der Waals surface area contributed by atoms with E-state index in [1.165, 1.54) is 36.4 Å². The van der Waals surface area contributed by atoms with Gasteiger partial charge in [-0.3, -0.25) is 9.59 Å². The minimum Gasteiger partial charge on any atom is -0.326 e. The molecule has 0 aliphatic carbocycles. The Labute approximate surface area is 147 Å². The van der Waals surface area contributed by atoms with Gasteiger partial charge < -0.3 is 10.6 Å². The minimum atomic E-state index is -0.841. The fourth-order valence-corrected chi connectivity index (χ4v) is 2.59. The highest BCUT2D eigenvalue weighted by molar-refractivity contribution is 6.21. The van der Waals surface area contributed by atoms with Crippen molar-refractivity contribution in [3.63, 3.8) is 0 Å². The SMILES string of the molecule is O=C(CC[C@H]1NC(=O)N(c2ccc(F)cc2)C1=O)Nc1ccc(F)cc1. The van der Waals surface area contributed by atoms with Gasteiger partial charge in [0, 0.05) is 12.1 Å². The molecule has 0 bridgehead atoms. The Morgan fingerprint density at radius 3 is 2.19 bits per heavy atom. The number of nitrogens with zero attached hydrogens (tertiary/aromatic N) is 1. The molecule has 1 fully saturated rings. The van der Waals surface area contributed by atoms with E-state index in [2.05, 4.69) is 10.6 Å². The van der Waals surface area contributed by atoms with Crippen LogP contribution in [0.15, 0.2) is 48.5 Å². The molecule has 1 heterocycles. The van der Waals surface area contributed by atoms with Gasteiger partial charge in [0.2, 0.25) is 5.91 Å². The summed E-state index contributed by atoms with van der Waals surface area (Å²) in [5.74, 6) is -1.76. The summed E-state index contributed by atoms with van der Waals surface area (Å²) in [5, 5.41) is 5.09. The number of benzene rings is 2. The zero-order valence-electron chi connectivity index (χ0n) is 13.5. The summed E-state index contributed by atoms with van der Waals surface area (Å²) in [6.45, 7) is 0. The van der Waals surface area contributed by atoms with Crippen LogP contribution in [-0.2, 0) is 9.59 Å². The predicted octanol–water partition coefficient (Wildman–Crippen LogP) is 2.81. The monoisotopic (exact) mass is 359 g/mol. The second-order valence-electron chi connectivity index (χ2n) is 5.75. The number of hydrogen-bond acceptors (Lipinski definition) is 3. The van der Waals surface area contributed by atoms with Gasteiger partial charge in [0.25, 0.3) is 5.91 Å². The third kappa shape index (κ3) is 3.85. The van der Waals surface area contributed by atoms with Crippen LogP contribution < -0.4 is 15.5 Å². The number of carbonyl (C=O) groups excluding carboxylic acids is 3. The van der Waals surface area contributed by atoms with Crippen molar-refractivity contribution in [2.75, 3.05) is 10.2 Å². The van der Waals surface area contributed by atoms with Crippen LogP contribution in [0, 0.1) is 11.6 Å². The Bertz CT molecular complexity index is 838. The number of amides is 4. The normalized spacial score (nSPS) is 16.5. The number of carbonyl (C=O) groups is 3. The standard InChI is InChI=1S/C18H15F2N3O3/c19-11-1-5-13(6-2-11)21-16(24)10-9-15-17(25)23(18(26)22-15)14-7-3-12(20)4-8-14/h1-8,15H,9-10H2,(H,21,24)(H,22,26)/t15-/m1/s1. The molecule has 134 valence electrons. The maximum Gasteiger partial charge on any atom is 0.329 e. The zero-order valence-corrected chi connectivity index (χ0v) is 13.5. The van der Waals surface area contributed by atoms with E-state index < -0.39 is 29.6 Å². The molecule has 3 rings (SSSR count). The van der Waals surface area contributed by atoms with Gasteiger partial charge in [-0.2, -0.15) is 0 Å². The van der Waals surface area contributed by atoms with Crippen molar-refractivity contribution in [1.29, 1.82) is 0 Å². The van der Waals surface area contributed by atoms with E-state index in [9.17, 15) is 23.2 Å². The molecule has 0 aromatic heterocycles. The summed E-state index contributed by atoms with van der Waals surface area (Å²) in [4.78, 5) is 37.3. The van der Waals surface area contributed by atoms with E-state index >= 15 is 0 Å². The molecule has 0 radical (unpaired) electrons. The molecule has 1 aliphatic heterocycles. The molecular formula is C18H15F2N3O3. The molecule has 26 heavy (non-hydrogen) atoms. The van der Waals surface area contributed by atoms with Crippen molar-refractivity contribution >= 4 is 29.2 Å². The summed E-state index contributed by atoms with van der Waals surface area (Å²) in [5.41, 5.74) is 0.693. The number of nitrogens with one attached hydrogen (secondary N) is 2. The maximum atomic E-state index is 13.0. The summed E-state index contributed by atoms with van der Waals surface area (Å²) in [7, 11) is 0. The van der Waals surface area contributed by atoms with Crippen molar-refractivity contribution < 1.29 is 23.2 Å². The highest BCUT2D eigenvalue weighted by Crippen LogP contribution is 2.21. The molecule has 6 nitrogen and oxygen atoms in total. The van der Waals surface area contributed by atoms with Crippen LogP contribution in [0.25, 0.3) is 0 Å². The lowest BCUT2D eigenvalue weighted by Gasteiger charge is -2.13. The molecule has 2 aromatic carbocycles. The van der Waals surface area contributed by atoms with Crippen molar-refractivity contribution in [1.82, 2.24) is 5.32 Å². The first-order chi connectivity index (χ1) is 12.4. The molecule has 8 heteroatoms. The van der Waals surface area contributed by atoms with Crippen molar-refractivity contribution in [3.05, 3.63) is 60.2 Å². The Morgan fingerprint density at radius 1 is 1.00 bits per heavy atom. The van der Waals surface area contributed by atoms with E-state index in [1.54, 1.807) is 0 Å². The number of hydrogen-bond donors (Lipinski definition) is 2. The van der Waals surface area contributed by atoms with Gasteiger partial charge in [-0.15, -0.1) is 0 Å². The van der Waals surface area contributed by atoms with E-state index in [0.717, 1.165) is 17.0 Å². The summed E-state index contributed by atoms with van der Waals surface area (Å²) in [6.07, 6.45) is 0.0978. The third-order valence-electron chi connectivity index (χ3n) is 3.89. The lowest BCUT2D eigenvalue weighted by atomic mass is 10.1. The zero-order chi connectivity index (χ0) is 18.7. The minimum absolute atomic E-state index is 0.00861. The predicted molar refractivity (Wildman–Crippen MR) is 90.5 cm³/mol. The Kier molecular flexibility index (Phi) is 4.92. The highest BCUT2D eigenvalue weighted by Gasteiger charge is 2.38. The number of anilines is 2. The van der Waals surface area contributed by atoms with Crippen LogP contribution in [0.1, 0.15) is 12.8 Å². The second-order valence-corrected chi connectivity index (χ2v) is 5.75. The van der Waals surface area contributed by atoms with Gasteiger partial charge in [0.1, 0.15) is 17.7 Å². The van der Waals surface area contributed by atoms with Crippen LogP contribution in [-0.4, -0.2) is 23.9 Å². The van der Waals surface area contributed by atoms with Crippen molar-refractivity contribution in [3.8, 4) is 0 Å². The van der Waals surface area contributed by atoms with Gasteiger partial charge in [0.15, 0.2) is 0 Å². The Balaban J connectivity index is 1.57. The van der Waals surface area contributed by atoms with E-state index in [4.69, 9.17) is 0 Å². The molecule has 1 saturated heterocycles. The molecule has 0 saturated carbocycles. The molecular weight excluding hydrogens is 344 g/mol. The number of imide groups is 1. The van der Waals surface area contributed by atoms with Gasteiger partial charge in [-0.1, -0.05) is 0 Å². The molecule has 1 aliphatic rings. The maximum absolute atomic E-state index is 13.0. The van der Waals surface area contributed by atoms with Crippen LogP contribution in [0.4, 0.5) is 25.0 Å². The fourth-order valence-electron chi connectivity index (χ4n) is 2.59.